The molecule has 1 N–H and O–H groups in total. The number of amides is 1. The third-order valence-corrected chi connectivity index (χ3v) is 6.66. The van der Waals surface area contributed by atoms with Crippen LogP contribution in [0.3, 0.4) is 0 Å². The highest BCUT2D eigenvalue weighted by Crippen LogP contribution is 2.40. The van der Waals surface area contributed by atoms with Gasteiger partial charge in [-0.1, -0.05) is 42.5 Å². The fourth-order valence-electron chi connectivity index (χ4n) is 5.06. The van der Waals surface area contributed by atoms with Crippen molar-refractivity contribution < 1.29 is 18.0 Å². The van der Waals surface area contributed by atoms with E-state index >= 15 is 0 Å². The van der Waals surface area contributed by atoms with Gasteiger partial charge in [0.25, 0.3) is 0 Å². The van der Waals surface area contributed by atoms with Gasteiger partial charge in [-0.15, -0.1) is 0 Å². The quantitative estimate of drug-likeness (QED) is 0.565. The Labute approximate surface area is 197 Å². The lowest BCUT2D eigenvalue weighted by atomic mass is 9.88. The molecule has 0 unspecified atom stereocenters. The zero-order valence-corrected chi connectivity index (χ0v) is 19.6. The van der Waals surface area contributed by atoms with Crippen LogP contribution in [0.1, 0.15) is 52.1 Å². The summed E-state index contributed by atoms with van der Waals surface area (Å²) in [4.78, 5) is 15.3. The molecule has 3 aromatic rings. The lowest BCUT2D eigenvalue weighted by molar-refractivity contribution is -0.137. The van der Waals surface area contributed by atoms with Gasteiger partial charge in [-0.05, 0) is 43.0 Å². The van der Waals surface area contributed by atoms with Crippen molar-refractivity contribution in [3.05, 3.63) is 88.2 Å². The van der Waals surface area contributed by atoms with Crippen molar-refractivity contribution in [1.29, 1.82) is 0 Å². The fraction of sp³-hybridized carbons (Fsp3) is 0.385. The van der Waals surface area contributed by atoms with Crippen molar-refractivity contribution in [3.63, 3.8) is 0 Å². The molecule has 1 amide bonds. The number of alkyl halides is 3. The molecule has 2 heterocycles. The smallest absolute Gasteiger partial charge is 0.358 e. The first-order valence-electron chi connectivity index (χ1n) is 11.4. The van der Waals surface area contributed by atoms with E-state index in [0.717, 1.165) is 46.6 Å². The number of aromatic nitrogens is 2. The summed E-state index contributed by atoms with van der Waals surface area (Å²) in [7, 11) is 3.57. The summed E-state index contributed by atoms with van der Waals surface area (Å²) in [6, 6.07) is 14.5. The van der Waals surface area contributed by atoms with E-state index in [2.05, 4.69) is 15.3 Å². The number of carbonyl (C=O) groups excluding carboxylic acids is 1. The van der Waals surface area contributed by atoms with Crippen molar-refractivity contribution in [2.45, 2.75) is 44.4 Å². The van der Waals surface area contributed by atoms with Crippen molar-refractivity contribution >= 4 is 5.91 Å². The predicted molar refractivity (Wildman–Crippen MR) is 124 cm³/mol. The van der Waals surface area contributed by atoms with E-state index < -0.39 is 17.8 Å². The Kier molecular flexibility index (Phi) is 6.79. The number of hydrogen-bond acceptors (Lipinski definition) is 3. The highest BCUT2D eigenvalue weighted by atomic mass is 19.4. The first-order chi connectivity index (χ1) is 16.2. The summed E-state index contributed by atoms with van der Waals surface area (Å²) >= 11 is 0. The largest absolute Gasteiger partial charge is 0.416 e. The molecular weight excluding hydrogens is 441 g/mol. The number of nitrogens with zero attached hydrogens (tertiary/aromatic N) is 3. The van der Waals surface area contributed by atoms with Gasteiger partial charge in [-0.3, -0.25) is 14.4 Å². The molecule has 0 saturated heterocycles. The average molecular weight is 471 g/mol. The monoisotopic (exact) mass is 470 g/mol. The van der Waals surface area contributed by atoms with E-state index in [1.807, 2.05) is 49.0 Å². The minimum atomic E-state index is -4.35. The SMILES string of the molecule is CNC(=O)[C@@H](c1ccccc1)N1CCc2c(c(C)nn2C)[C@@H]1CCc1ccc(C(F)(F)F)cc1. The molecule has 1 aliphatic rings. The lowest BCUT2D eigenvalue weighted by Crippen LogP contribution is -2.45. The standard InChI is InChI=1S/C26H29F3N4O/c1-17-23-21(32(3)31-17)15-16-33(24(25(34)30-2)19-7-5-4-6-8-19)22(23)14-11-18-9-12-20(13-10-18)26(27,28)29/h4-10,12-13,22,24H,11,14-16H2,1-3H3,(H,30,34)/t22-,24+/m0/s1. The van der Waals surface area contributed by atoms with E-state index in [0.29, 0.717) is 19.4 Å². The topological polar surface area (TPSA) is 50.2 Å². The molecule has 0 bridgehead atoms. The molecule has 34 heavy (non-hydrogen) atoms. The second-order valence-corrected chi connectivity index (χ2v) is 8.73. The number of aryl methyl sites for hydroxylation is 3. The minimum absolute atomic E-state index is 0.0873. The minimum Gasteiger partial charge on any atom is -0.358 e. The second-order valence-electron chi connectivity index (χ2n) is 8.73. The number of benzene rings is 2. The highest BCUT2D eigenvalue weighted by Gasteiger charge is 2.39. The molecular formula is C26H29F3N4O. The molecule has 8 heteroatoms. The van der Waals surface area contributed by atoms with E-state index in [1.54, 1.807) is 19.2 Å². The van der Waals surface area contributed by atoms with Crippen LogP contribution in [0, 0.1) is 6.92 Å². The maximum Gasteiger partial charge on any atom is 0.416 e. The van der Waals surface area contributed by atoms with Crippen LogP contribution >= 0.6 is 0 Å². The predicted octanol–water partition coefficient (Wildman–Crippen LogP) is 4.77. The Morgan fingerprint density at radius 3 is 2.44 bits per heavy atom. The first kappa shape index (κ1) is 24.0. The summed E-state index contributed by atoms with van der Waals surface area (Å²) in [5.41, 5.74) is 4.28. The molecule has 1 aromatic heterocycles. The van der Waals surface area contributed by atoms with E-state index in [4.69, 9.17) is 0 Å². The molecule has 0 radical (unpaired) electrons. The molecule has 180 valence electrons. The van der Waals surface area contributed by atoms with Crippen LogP contribution in [-0.2, 0) is 30.9 Å². The summed E-state index contributed by atoms with van der Waals surface area (Å²) in [5.74, 6) is -0.0873. The second kappa shape index (κ2) is 9.62. The fourth-order valence-corrected chi connectivity index (χ4v) is 5.06. The van der Waals surface area contributed by atoms with Gasteiger partial charge in [0.1, 0.15) is 6.04 Å². The third-order valence-electron chi connectivity index (χ3n) is 6.66. The van der Waals surface area contributed by atoms with Gasteiger partial charge in [-0.2, -0.15) is 18.3 Å². The average Bonchev–Trinajstić information content (AvgIpc) is 3.12. The maximum absolute atomic E-state index is 13.1. The van der Waals surface area contributed by atoms with Crippen molar-refractivity contribution in [3.8, 4) is 0 Å². The van der Waals surface area contributed by atoms with Crippen LogP contribution in [0.2, 0.25) is 0 Å². The number of halogens is 3. The molecule has 5 nitrogen and oxygen atoms in total. The van der Waals surface area contributed by atoms with Gasteiger partial charge >= 0.3 is 6.18 Å². The van der Waals surface area contributed by atoms with Gasteiger partial charge in [0.2, 0.25) is 5.91 Å². The molecule has 0 fully saturated rings. The highest BCUT2D eigenvalue weighted by molar-refractivity contribution is 5.83. The number of likely N-dealkylation sites (N-methyl/N-ethyl adjacent to an activating group) is 1. The maximum atomic E-state index is 13.1. The van der Waals surface area contributed by atoms with Crippen LogP contribution in [0.15, 0.2) is 54.6 Å². The summed E-state index contributed by atoms with van der Waals surface area (Å²) < 4.78 is 40.8. The molecule has 2 aromatic carbocycles. The first-order valence-corrected chi connectivity index (χ1v) is 11.4. The van der Waals surface area contributed by atoms with Crippen LogP contribution < -0.4 is 5.32 Å². The van der Waals surface area contributed by atoms with Crippen molar-refractivity contribution in [2.24, 2.45) is 7.05 Å². The van der Waals surface area contributed by atoms with Crippen LogP contribution in [0.25, 0.3) is 0 Å². The van der Waals surface area contributed by atoms with Gasteiger partial charge in [0.05, 0.1) is 11.3 Å². The molecule has 0 aliphatic carbocycles. The zero-order valence-electron chi connectivity index (χ0n) is 19.6. The zero-order chi connectivity index (χ0) is 24.5. The van der Waals surface area contributed by atoms with E-state index in [1.165, 1.54) is 0 Å². The third kappa shape index (κ3) is 4.73. The Hall–Kier alpha value is -3.13. The number of nitrogens with one attached hydrogen (secondary N) is 1. The molecule has 0 spiro atoms. The van der Waals surface area contributed by atoms with Gasteiger partial charge in [0.15, 0.2) is 0 Å². The molecule has 1 aliphatic heterocycles. The summed E-state index contributed by atoms with van der Waals surface area (Å²) in [6.45, 7) is 2.65. The van der Waals surface area contributed by atoms with Gasteiger partial charge in [-0.25, -0.2) is 0 Å². The van der Waals surface area contributed by atoms with Gasteiger partial charge < -0.3 is 5.32 Å². The van der Waals surface area contributed by atoms with Crippen LogP contribution in [0.4, 0.5) is 13.2 Å². The number of rotatable bonds is 6. The molecule has 4 rings (SSSR count). The Bertz CT molecular complexity index is 1140. The van der Waals surface area contributed by atoms with Crippen LogP contribution in [0.5, 0.6) is 0 Å². The van der Waals surface area contributed by atoms with E-state index in [9.17, 15) is 18.0 Å². The molecule has 0 saturated carbocycles. The van der Waals surface area contributed by atoms with Gasteiger partial charge in [0, 0.05) is 44.4 Å². The Balaban J connectivity index is 1.68. The number of hydrogen-bond donors (Lipinski definition) is 1. The summed E-state index contributed by atoms with van der Waals surface area (Å²) in [6.07, 6.45) is -2.34. The number of fused-ring (bicyclic) bond motifs is 1. The van der Waals surface area contributed by atoms with Crippen LogP contribution in [-0.4, -0.2) is 34.2 Å². The Morgan fingerprint density at radius 1 is 1.15 bits per heavy atom. The molecule has 2 atom stereocenters. The van der Waals surface area contributed by atoms with Crippen molar-refractivity contribution in [1.82, 2.24) is 20.0 Å². The lowest BCUT2D eigenvalue weighted by Gasteiger charge is -2.41. The summed E-state index contributed by atoms with van der Waals surface area (Å²) in [5, 5.41) is 7.44. The van der Waals surface area contributed by atoms with Crippen molar-refractivity contribution in [2.75, 3.05) is 13.6 Å². The normalized spacial score (nSPS) is 17.3. The van der Waals surface area contributed by atoms with E-state index in [-0.39, 0.29) is 11.9 Å². The number of carbonyl (C=O) groups is 1. The Morgan fingerprint density at radius 2 is 1.82 bits per heavy atom.